The third-order valence-electron chi connectivity index (χ3n) is 2.47. The summed E-state index contributed by atoms with van der Waals surface area (Å²) in [5.74, 6) is 0. The second kappa shape index (κ2) is 5.15. The van der Waals surface area contributed by atoms with E-state index in [9.17, 15) is 0 Å². The van der Waals surface area contributed by atoms with Crippen molar-refractivity contribution in [3.8, 4) is 6.07 Å². The first-order valence-electron chi connectivity index (χ1n) is 5.12. The number of hydrogen-bond acceptors (Lipinski definition) is 4. The summed E-state index contributed by atoms with van der Waals surface area (Å²) in [7, 11) is 0. The molecule has 1 aromatic carbocycles. The highest BCUT2D eigenvalue weighted by Gasteiger charge is 2.12. The first-order chi connectivity index (χ1) is 8.52. The van der Waals surface area contributed by atoms with E-state index in [0.29, 0.717) is 32.0 Å². The van der Waals surface area contributed by atoms with Gasteiger partial charge in [-0.25, -0.2) is 0 Å². The quantitative estimate of drug-likeness (QED) is 0.875. The molecule has 0 unspecified atom stereocenters. The lowest BCUT2D eigenvalue weighted by Crippen LogP contribution is -1.92. The van der Waals surface area contributed by atoms with Gasteiger partial charge in [-0.05, 0) is 43.1 Å². The van der Waals surface area contributed by atoms with E-state index in [0.717, 1.165) is 5.56 Å². The summed E-state index contributed by atoms with van der Waals surface area (Å²) >= 11 is 13.4. The van der Waals surface area contributed by atoms with Gasteiger partial charge in [0, 0.05) is 5.02 Å². The Kier molecular flexibility index (Phi) is 3.76. The topological polar surface area (TPSA) is 48.7 Å². The van der Waals surface area contributed by atoms with Gasteiger partial charge >= 0.3 is 0 Å². The molecule has 0 saturated heterocycles. The zero-order valence-corrected chi connectivity index (χ0v) is 12.0. The van der Waals surface area contributed by atoms with Crippen molar-refractivity contribution in [1.29, 1.82) is 5.26 Å². The van der Waals surface area contributed by atoms with E-state index in [1.807, 2.05) is 6.92 Å². The molecule has 1 N–H and O–H groups in total. The van der Waals surface area contributed by atoms with Crippen molar-refractivity contribution in [3.63, 3.8) is 0 Å². The third-order valence-corrected chi connectivity index (χ3v) is 4.04. The van der Waals surface area contributed by atoms with Crippen LogP contribution in [0.15, 0.2) is 12.1 Å². The van der Waals surface area contributed by atoms with Gasteiger partial charge < -0.3 is 5.32 Å². The predicted molar refractivity (Wildman–Crippen MR) is 76.0 cm³/mol. The summed E-state index contributed by atoms with van der Waals surface area (Å²) in [5, 5.41) is 14.0. The van der Waals surface area contributed by atoms with Crippen molar-refractivity contribution < 1.29 is 0 Å². The minimum Gasteiger partial charge on any atom is -0.344 e. The van der Waals surface area contributed by atoms with Crippen LogP contribution >= 0.6 is 34.7 Å². The molecule has 18 heavy (non-hydrogen) atoms. The van der Waals surface area contributed by atoms with Gasteiger partial charge in [0.25, 0.3) is 0 Å². The first-order valence-corrected chi connectivity index (χ1v) is 6.65. The van der Waals surface area contributed by atoms with E-state index in [4.69, 9.17) is 28.5 Å². The number of rotatable bonds is 2. The van der Waals surface area contributed by atoms with Crippen molar-refractivity contribution in [1.82, 2.24) is 4.37 Å². The summed E-state index contributed by atoms with van der Waals surface area (Å²) in [5.41, 5.74) is 2.83. The second-order valence-electron chi connectivity index (χ2n) is 3.79. The smallest absolute Gasteiger partial charge is 0.132 e. The molecule has 0 spiro atoms. The van der Waals surface area contributed by atoms with E-state index in [1.54, 1.807) is 19.1 Å². The van der Waals surface area contributed by atoms with Crippen molar-refractivity contribution in [2.24, 2.45) is 0 Å². The van der Waals surface area contributed by atoms with E-state index >= 15 is 0 Å². The molecule has 6 heteroatoms. The highest BCUT2D eigenvalue weighted by molar-refractivity contribution is 7.10. The van der Waals surface area contributed by atoms with Gasteiger partial charge in [-0.1, -0.05) is 23.2 Å². The molecule has 3 nitrogen and oxygen atoms in total. The van der Waals surface area contributed by atoms with Crippen LogP contribution in [0.4, 0.5) is 10.7 Å². The van der Waals surface area contributed by atoms with E-state index in [2.05, 4.69) is 15.8 Å². The lowest BCUT2D eigenvalue weighted by atomic mass is 10.2. The van der Waals surface area contributed by atoms with Gasteiger partial charge in [0.05, 0.1) is 16.4 Å². The summed E-state index contributed by atoms with van der Waals surface area (Å²) in [6.07, 6.45) is 0. The van der Waals surface area contributed by atoms with Crippen LogP contribution in [0, 0.1) is 25.2 Å². The molecule has 0 aliphatic rings. The number of hydrogen-bond donors (Lipinski definition) is 1. The van der Waals surface area contributed by atoms with Gasteiger partial charge in [-0.2, -0.15) is 9.64 Å². The van der Waals surface area contributed by atoms with Crippen LogP contribution in [-0.4, -0.2) is 4.37 Å². The van der Waals surface area contributed by atoms with Crippen LogP contribution in [0.3, 0.4) is 0 Å². The van der Waals surface area contributed by atoms with Gasteiger partial charge in [0.2, 0.25) is 0 Å². The molecule has 0 fully saturated rings. The lowest BCUT2D eigenvalue weighted by molar-refractivity contribution is 1.31. The molecule has 92 valence electrons. The minimum absolute atomic E-state index is 0.535. The molecule has 0 radical (unpaired) electrons. The summed E-state index contributed by atoms with van der Waals surface area (Å²) in [6.45, 7) is 3.68. The monoisotopic (exact) mass is 297 g/mol. The van der Waals surface area contributed by atoms with Crippen molar-refractivity contribution in [2.45, 2.75) is 13.8 Å². The fraction of sp³-hybridized carbons (Fsp3) is 0.167. The molecule has 0 amide bonds. The summed E-state index contributed by atoms with van der Waals surface area (Å²) in [6, 6.07) is 5.65. The first kappa shape index (κ1) is 13.2. The molecule has 0 bridgehead atoms. The number of benzene rings is 1. The SMILES string of the molecule is Cc1cc(Cl)c(Nc2snc(C)c2C#N)cc1Cl. The maximum Gasteiger partial charge on any atom is 0.132 e. The standard InChI is InChI=1S/C12H9Cl2N3S/c1-6-3-10(14)11(4-9(6)13)16-12-8(5-15)7(2)17-18-12/h3-4,16H,1-2H3. The van der Waals surface area contributed by atoms with Crippen molar-refractivity contribution in [2.75, 3.05) is 5.32 Å². The third kappa shape index (κ3) is 2.44. The van der Waals surface area contributed by atoms with Gasteiger partial charge in [-0.15, -0.1) is 0 Å². The largest absolute Gasteiger partial charge is 0.344 e. The number of nitrogens with zero attached hydrogens (tertiary/aromatic N) is 2. The highest BCUT2D eigenvalue weighted by Crippen LogP contribution is 2.34. The zero-order valence-electron chi connectivity index (χ0n) is 9.71. The van der Waals surface area contributed by atoms with E-state index in [1.165, 1.54) is 11.5 Å². The van der Waals surface area contributed by atoms with Crippen LogP contribution in [-0.2, 0) is 0 Å². The van der Waals surface area contributed by atoms with E-state index in [-0.39, 0.29) is 0 Å². The van der Waals surface area contributed by atoms with Crippen LogP contribution in [0.1, 0.15) is 16.8 Å². The maximum atomic E-state index is 9.05. The fourth-order valence-electron chi connectivity index (χ4n) is 1.45. The van der Waals surface area contributed by atoms with Crippen LogP contribution < -0.4 is 5.32 Å². The van der Waals surface area contributed by atoms with Gasteiger partial charge in [-0.3, -0.25) is 0 Å². The van der Waals surface area contributed by atoms with Crippen LogP contribution in [0.25, 0.3) is 0 Å². The Morgan fingerprint density at radius 1 is 1.28 bits per heavy atom. The fourth-order valence-corrected chi connectivity index (χ4v) is 2.64. The molecule has 0 atom stereocenters. The molecule has 2 rings (SSSR count). The Balaban J connectivity index is 2.41. The zero-order chi connectivity index (χ0) is 13.3. The summed E-state index contributed by atoms with van der Waals surface area (Å²) in [4.78, 5) is 0. The average Bonchev–Trinajstić information content (AvgIpc) is 2.67. The normalized spacial score (nSPS) is 10.2. The number of nitrogens with one attached hydrogen (secondary N) is 1. The molecule has 1 aromatic heterocycles. The molecule has 0 aliphatic carbocycles. The Morgan fingerprint density at radius 2 is 2.00 bits per heavy atom. The van der Waals surface area contributed by atoms with Crippen molar-refractivity contribution in [3.05, 3.63) is 39.0 Å². The molecular formula is C12H9Cl2N3S. The summed E-state index contributed by atoms with van der Waals surface area (Å²) < 4.78 is 4.13. The van der Waals surface area contributed by atoms with Gasteiger partial charge in [0.1, 0.15) is 16.6 Å². The minimum atomic E-state index is 0.535. The molecule has 0 saturated carbocycles. The molecule has 0 aliphatic heterocycles. The second-order valence-corrected chi connectivity index (χ2v) is 5.38. The highest BCUT2D eigenvalue weighted by atomic mass is 35.5. The van der Waals surface area contributed by atoms with Crippen LogP contribution in [0.5, 0.6) is 0 Å². The molecule has 2 aromatic rings. The maximum absolute atomic E-state index is 9.05. The number of nitriles is 1. The van der Waals surface area contributed by atoms with E-state index < -0.39 is 0 Å². The molecule has 1 heterocycles. The number of anilines is 2. The Hall–Kier alpha value is -1.28. The predicted octanol–water partition coefficient (Wildman–Crippen LogP) is 4.68. The van der Waals surface area contributed by atoms with Gasteiger partial charge in [0.15, 0.2) is 0 Å². The lowest BCUT2D eigenvalue weighted by Gasteiger charge is -2.08. The Morgan fingerprint density at radius 3 is 2.67 bits per heavy atom. The average molecular weight is 298 g/mol. The Bertz CT molecular complexity index is 644. The number of halogens is 2. The van der Waals surface area contributed by atoms with Crippen LogP contribution in [0.2, 0.25) is 10.0 Å². The number of aromatic nitrogens is 1. The Labute approximate surface area is 119 Å². The molecular weight excluding hydrogens is 289 g/mol. The number of aryl methyl sites for hydroxylation is 2. The van der Waals surface area contributed by atoms with Crippen molar-refractivity contribution >= 4 is 45.4 Å².